The summed E-state index contributed by atoms with van der Waals surface area (Å²) in [4.78, 5) is 8.99. The van der Waals surface area contributed by atoms with Crippen molar-refractivity contribution in [1.82, 2.24) is 4.98 Å². The Labute approximate surface area is 119 Å². The molecule has 3 heteroatoms. The smallest absolute Gasteiger partial charge is 0.134 e. The second-order valence-electron chi connectivity index (χ2n) is 4.51. The summed E-state index contributed by atoms with van der Waals surface area (Å²) in [5.41, 5.74) is 3.59. The van der Waals surface area contributed by atoms with Crippen LogP contribution in [0.2, 0.25) is 0 Å². The van der Waals surface area contributed by atoms with Gasteiger partial charge in [-0.15, -0.1) is 11.3 Å². The van der Waals surface area contributed by atoms with E-state index in [0.29, 0.717) is 0 Å². The number of hydrogen-bond donors (Lipinski definition) is 0. The molecule has 0 unspecified atom stereocenters. The van der Waals surface area contributed by atoms with Crippen LogP contribution >= 0.6 is 11.3 Å². The van der Waals surface area contributed by atoms with Crippen LogP contribution in [0.4, 0.5) is 0 Å². The predicted molar refractivity (Wildman–Crippen MR) is 84.3 cm³/mol. The molecule has 1 heterocycles. The van der Waals surface area contributed by atoms with Gasteiger partial charge in [-0.25, -0.2) is 4.98 Å². The van der Waals surface area contributed by atoms with Crippen molar-refractivity contribution in [2.45, 2.75) is 33.1 Å². The third kappa shape index (κ3) is 4.00. The zero-order valence-electron chi connectivity index (χ0n) is 11.6. The summed E-state index contributed by atoms with van der Waals surface area (Å²) in [6.07, 6.45) is 5.30. The molecule has 0 aliphatic rings. The molecule has 0 aliphatic carbocycles. The summed E-state index contributed by atoms with van der Waals surface area (Å²) in [6, 6.07) is 8.63. The first kappa shape index (κ1) is 13.9. The van der Waals surface area contributed by atoms with Crippen LogP contribution in [0.15, 0.2) is 34.6 Å². The number of aryl methyl sites for hydroxylation is 1. The van der Waals surface area contributed by atoms with Crippen LogP contribution in [-0.4, -0.2) is 17.7 Å². The highest BCUT2D eigenvalue weighted by Gasteiger charge is 2.02. The molecule has 1 aromatic heterocycles. The molecule has 0 N–H and O–H groups in total. The van der Waals surface area contributed by atoms with Gasteiger partial charge in [-0.05, 0) is 18.4 Å². The molecule has 2 rings (SSSR count). The second-order valence-corrected chi connectivity index (χ2v) is 5.40. The van der Waals surface area contributed by atoms with E-state index in [0.717, 1.165) is 30.1 Å². The summed E-state index contributed by atoms with van der Waals surface area (Å²) in [5.74, 6) is 0. The average Bonchev–Trinajstić information content (AvgIpc) is 2.92. The lowest BCUT2D eigenvalue weighted by molar-refractivity contribution is 0.810. The van der Waals surface area contributed by atoms with Crippen LogP contribution in [0.3, 0.4) is 0 Å². The normalized spacial score (nSPS) is 11.3. The number of aliphatic imine (C=N–C) groups is 1. The lowest BCUT2D eigenvalue weighted by Gasteiger charge is -1.98. The van der Waals surface area contributed by atoms with Gasteiger partial charge in [0.05, 0.1) is 11.9 Å². The van der Waals surface area contributed by atoms with Crippen molar-refractivity contribution >= 4 is 17.6 Å². The van der Waals surface area contributed by atoms with Crippen LogP contribution < -0.4 is 0 Å². The predicted octanol–water partition coefficient (Wildman–Crippen LogP) is 4.59. The SMILES string of the molecule is CCCC/N=C/c1nc(-c2ccc(CC)cc2)cs1. The molecule has 0 saturated heterocycles. The highest BCUT2D eigenvalue weighted by Crippen LogP contribution is 2.21. The van der Waals surface area contributed by atoms with Gasteiger partial charge in [-0.3, -0.25) is 4.99 Å². The van der Waals surface area contributed by atoms with E-state index >= 15 is 0 Å². The molecule has 0 spiro atoms. The number of nitrogens with zero attached hydrogens (tertiary/aromatic N) is 2. The van der Waals surface area contributed by atoms with Gasteiger partial charge in [0.25, 0.3) is 0 Å². The zero-order valence-corrected chi connectivity index (χ0v) is 12.4. The Morgan fingerprint density at radius 1 is 1.21 bits per heavy atom. The molecule has 1 aromatic carbocycles. The van der Waals surface area contributed by atoms with Gasteiger partial charge in [0.2, 0.25) is 0 Å². The van der Waals surface area contributed by atoms with Gasteiger partial charge in [-0.2, -0.15) is 0 Å². The van der Waals surface area contributed by atoms with E-state index < -0.39 is 0 Å². The van der Waals surface area contributed by atoms with Gasteiger partial charge in [0.15, 0.2) is 0 Å². The first-order valence-electron chi connectivity index (χ1n) is 6.88. The molecule has 0 aliphatic heterocycles. The summed E-state index contributed by atoms with van der Waals surface area (Å²) >= 11 is 1.65. The van der Waals surface area contributed by atoms with Gasteiger partial charge in [-0.1, -0.05) is 44.5 Å². The minimum Gasteiger partial charge on any atom is -0.290 e. The van der Waals surface area contributed by atoms with E-state index in [1.165, 1.54) is 17.5 Å². The first-order chi connectivity index (χ1) is 9.33. The third-order valence-electron chi connectivity index (χ3n) is 3.02. The maximum atomic E-state index is 4.60. The molecular weight excluding hydrogens is 252 g/mol. The fourth-order valence-electron chi connectivity index (χ4n) is 1.78. The zero-order chi connectivity index (χ0) is 13.5. The maximum Gasteiger partial charge on any atom is 0.134 e. The number of benzene rings is 1. The number of rotatable bonds is 6. The summed E-state index contributed by atoms with van der Waals surface area (Å²) in [6.45, 7) is 5.25. The molecule has 2 nitrogen and oxygen atoms in total. The standard InChI is InChI=1S/C16H20N2S/c1-3-5-10-17-11-16-18-15(12-19-16)14-8-6-13(4-2)7-9-14/h6-9,11-12H,3-5,10H2,1-2H3/b17-11+. The second kappa shape index (κ2) is 7.19. The minimum atomic E-state index is 0.899. The Kier molecular flexibility index (Phi) is 5.28. The van der Waals surface area contributed by atoms with Crippen LogP contribution in [-0.2, 0) is 6.42 Å². The molecule has 100 valence electrons. The Hall–Kier alpha value is -1.48. The lowest BCUT2D eigenvalue weighted by Crippen LogP contribution is -1.85. The van der Waals surface area contributed by atoms with E-state index in [2.05, 4.69) is 53.5 Å². The molecular formula is C16H20N2S. The van der Waals surface area contributed by atoms with Crippen molar-refractivity contribution < 1.29 is 0 Å². The largest absolute Gasteiger partial charge is 0.290 e. The highest BCUT2D eigenvalue weighted by atomic mass is 32.1. The van der Waals surface area contributed by atoms with Crippen molar-refractivity contribution in [3.8, 4) is 11.3 Å². The van der Waals surface area contributed by atoms with Gasteiger partial charge >= 0.3 is 0 Å². The Bertz CT molecular complexity index is 526. The van der Waals surface area contributed by atoms with E-state index in [-0.39, 0.29) is 0 Å². The Morgan fingerprint density at radius 3 is 2.68 bits per heavy atom. The summed E-state index contributed by atoms with van der Waals surface area (Å²) in [5, 5.41) is 3.09. The minimum absolute atomic E-state index is 0.899. The number of unbranched alkanes of at least 4 members (excludes halogenated alkanes) is 1. The van der Waals surface area contributed by atoms with Crippen LogP contribution in [0.5, 0.6) is 0 Å². The molecule has 0 saturated carbocycles. The summed E-state index contributed by atoms with van der Waals surface area (Å²) < 4.78 is 0. The molecule has 0 radical (unpaired) electrons. The van der Waals surface area contributed by atoms with Crippen molar-refractivity contribution in [3.05, 3.63) is 40.2 Å². The molecule has 19 heavy (non-hydrogen) atoms. The quantitative estimate of drug-likeness (QED) is 0.557. The fourth-order valence-corrected chi connectivity index (χ4v) is 2.49. The van der Waals surface area contributed by atoms with E-state index in [4.69, 9.17) is 0 Å². The summed E-state index contributed by atoms with van der Waals surface area (Å²) in [7, 11) is 0. The van der Waals surface area contributed by atoms with Crippen molar-refractivity contribution in [3.63, 3.8) is 0 Å². The van der Waals surface area contributed by atoms with Gasteiger partial charge < -0.3 is 0 Å². The topological polar surface area (TPSA) is 25.2 Å². The van der Waals surface area contributed by atoms with Gasteiger partial charge in [0, 0.05) is 17.5 Å². The maximum absolute atomic E-state index is 4.60. The third-order valence-corrected chi connectivity index (χ3v) is 3.80. The van der Waals surface area contributed by atoms with Crippen molar-refractivity contribution in [2.24, 2.45) is 4.99 Å². The van der Waals surface area contributed by atoms with Crippen molar-refractivity contribution in [1.29, 1.82) is 0 Å². The van der Waals surface area contributed by atoms with E-state index in [1.807, 2.05) is 6.21 Å². The molecule has 0 fully saturated rings. The molecule has 0 amide bonds. The first-order valence-corrected chi connectivity index (χ1v) is 7.76. The van der Waals surface area contributed by atoms with E-state index in [1.54, 1.807) is 11.3 Å². The van der Waals surface area contributed by atoms with E-state index in [9.17, 15) is 0 Å². The number of thiazole rings is 1. The molecule has 0 atom stereocenters. The number of hydrogen-bond acceptors (Lipinski definition) is 3. The van der Waals surface area contributed by atoms with Crippen LogP contribution in [0.1, 0.15) is 37.3 Å². The Morgan fingerprint density at radius 2 is 2.00 bits per heavy atom. The van der Waals surface area contributed by atoms with Crippen LogP contribution in [0, 0.1) is 0 Å². The van der Waals surface area contributed by atoms with Crippen molar-refractivity contribution in [2.75, 3.05) is 6.54 Å². The monoisotopic (exact) mass is 272 g/mol. The lowest BCUT2D eigenvalue weighted by atomic mass is 10.1. The molecule has 0 bridgehead atoms. The number of aromatic nitrogens is 1. The Balaban J connectivity index is 2.05. The van der Waals surface area contributed by atoms with Crippen LogP contribution in [0.25, 0.3) is 11.3 Å². The fraction of sp³-hybridized carbons (Fsp3) is 0.375. The highest BCUT2D eigenvalue weighted by molar-refractivity contribution is 7.11. The molecule has 2 aromatic rings. The average molecular weight is 272 g/mol. The van der Waals surface area contributed by atoms with Gasteiger partial charge in [0.1, 0.15) is 5.01 Å².